The lowest BCUT2D eigenvalue weighted by Gasteiger charge is -2.36. The number of hydrogen-bond donors (Lipinski definition) is 1. The number of anilines is 1. The summed E-state index contributed by atoms with van der Waals surface area (Å²) >= 11 is 5.87. The Morgan fingerprint density at radius 1 is 1.39 bits per heavy atom. The van der Waals surface area contributed by atoms with Gasteiger partial charge in [-0.2, -0.15) is 5.26 Å². The predicted octanol–water partition coefficient (Wildman–Crippen LogP) is 1.75. The molecule has 0 amide bonds. The van der Waals surface area contributed by atoms with E-state index in [2.05, 4.69) is 9.88 Å². The van der Waals surface area contributed by atoms with Crippen molar-refractivity contribution in [1.29, 1.82) is 10.7 Å². The lowest BCUT2D eigenvalue weighted by molar-refractivity contribution is 0.378. The zero-order valence-corrected chi connectivity index (χ0v) is 10.7. The van der Waals surface area contributed by atoms with E-state index in [0.29, 0.717) is 11.0 Å². The molecular weight excluding hydrogens is 250 g/mol. The predicted molar refractivity (Wildman–Crippen MR) is 71.0 cm³/mol. The van der Waals surface area contributed by atoms with E-state index in [1.165, 1.54) is 0 Å². The van der Waals surface area contributed by atoms with Gasteiger partial charge in [0.25, 0.3) is 0 Å². The van der Waals surface area contributed by atoms with E-state index in [0.717, 1.165) is 32.0 Å². The van der Waals surface area contributed by atoms with Gasteiger partial charge in [0.15, 0.2) is 0 Å². The van der Waals surface area contributed by atoms with Crippen molar-refractivity contribution in [2.45, 2.75) is 6.42 Å². The maximum absolute atomic E-state index is 8.58. The molecule has 0 unspecified atom stereocenters. The third kappa shape index (κ3) is 2.90. The van der Waals surface area contributed by atoms with Gasteiger partial charge in [-0.15, -0.1) is 0 Å². The lowest BCUT2D eigenvalue weighted by atomic mass is 10.2. The smallest absolute Gasteiger partial charge is 0.131 e. The van der Waals surface area contributed by atoms with Gasteiger partial charge in [-0.1, -0.05) is 17.7 Å². The van der Waals surface area contributed by atoms with Crippen LogP contribution in [0.5, 0.6) is 0 Å². The molecule has 0 bridgehead atoms. The van der Waals surface area contributed by atoms with E-state index < -0.39 is 0 Å². The summed E-state index contributed by atoms with van der Waals surface area (Å²) in [7, 11) is 0. The molecule has 1 aromatic rings. The highest BCUT2D eigenvalue weighted by Crippen LogP contribution is 2.16. The van der Waals surface area contributed by atoms with Gasteiger partial charge in [0.1, 0.15) is 16.8 Å². The second-order valence-corrected chi connectivity index (χ2v) is 4.46. The van der Waals surface area contributed by atoms with E-state index >= 15 is 0 Å². The Hall–Kier alpha value is -1.80. The minimum Gasteiger partial charge on any atom is -0.356 e. The molecule has 0 atom stereocenters. The van der Waals surface area contributed by atoms with Crippen molar-refractivity contribution in [2.24, 2.45) is 0 Å². The molecule has 1 aliphatic rings. The summed E-state index contributed by atoms with van der Waals surface area (Å²) in [4.78, 5) is 8.35. The minimum atomic E-state index is 0.176. The fourth-order valence-electron chi connectivity index (χ4n) is 1.97. The molecule has 1 N–H and O–H groups in total. The molecule has 0 saturated carbocycles. The third-order valence-electron chi connectivity index (χ3n) is 2.93. The number of amidine groups is 1. The van der Waals surface area contributed by atoms with Crippen molar-refractivity contribution in [2.75, 3.05) is 31.1 Å². The normalized spacial score (nSPS) is 15.3. The molecule has 0 aromatic carbocycles. The first-order valence-electron chi connectivity index (χ1n) is 5.77. The van der Waals surface area contributed by atoms with Crippen LogP contribution in [0.1, 0.15) is 6.42 Å². The van der Waals surface area contributed by atoms with Crippen LogP contribution in [0.15, 0.2) is 18.2 Å². The van der Waals surface area contributed by atoms with Crippen molar-refractivity contribution >= 4 is 23.3 Å². The molecule has 18 heavy (non-hydrogen) atoms. The zero-order valence-electron chi connectivity index (χ0n) is 9.93. The Labute approximate surface area is 111 Å². The Morgan fingerprint density at radius 3 is 2.72 bits per heavy atom. The van der Waals surface area contributed by atoms with Crippen molar-refractivity contribution in [1.82, 2.24) is 9.88 Å². The molecule has 94 valence electrons. The van der Waals surface area contributed by atoms with Crippen LogP contribution in [-0.2, 0) is 0 Å². The van der Waals surface area contributed by atoms with Crippen LogP contribution in [0.2, 0.25) is 5.15 Å². The monoisotopic (exact) mass is 263 g/mol. The minimum absolute atomic E-state index is 0.176. The number of nitrogens with one attached hydrogen (secondary N) is 1. The number of nitriles is 1. The maximum Gasteiger partial charge on any atom is 0.131 e. The quantitative estimate of drug-likeness (QED) is 0.501. The van der Waals surface area contributed by atoms with Gasteiger partial charge in [-0.25, -0.2) is 4.98 Å². The van der Waals surface area contributed by atoms with E-state index in [1.807, 2.05) is 23.1 Å². The van der Waals surface area contributed by atoms with Crippen LogP contribution in [0.4, 0.5) is 5.82 Å². The van der Waals surface area contributed by atoms with Crippen LogP contribution < -0.4 is 4.90 Å². The standard InChI is InChI=1S/C12H14ClN5/c13-10-2-1-3-12(16-10)18-8-6-17(7-9-18)11(15)4-5-14/h1-3,15H,4,6-9H2. The first kappa shape index (κ1) is 12.7. The first-order chi connectivity index (χ1) is 8.70. The average molecular weight is 264 g/mol. The van der Waals surface area contributed by atoms with Gasteiger partial charge in [-0.3, -0.25) is 5.41 Å². The zero-order chi connectivity index (χ0) is 13.0. The molecule has 1 fully saturated rings. The number of hydrogen-bond acceptors (Lipinski definition) is 4. The molecule has 1 aromatic heterocycles. The van der Waals surface area contributed by atoms with Crippen LogP contribution in [-0.4, -0.2) is 41.9 Å². The Kier molecular flexibility index (Phi) is 4.00. The molecule has 0 spiro atoms. The summed E-state index contributed by atoms with van der Waals surface area (Å²) in [5.74, 6) is 1.27. The van der Waals surface area contributed by atoms with Gasteiger partial charge < -0.3 is 9.80 Å². The van der Waals surface area contributed by atoms with Crippen LogP contribution in [0.3, 0.4) is 0 Å². The first-order valence-corrected chi connectivity index (χ1v) is 6.15. The van der Waals surface area contributed by atoms with Crippen LogP contribution >= 0.6 is 11.6 Å². The number of halogens is 1. The number of aromatic nitrogens is 1. The van der Waals surface area contributed by atoms with Crippen LogP contribution in [0.25, 0.3) is 0 Å². The van der Waals surface area contributed by atoms with E-state index in [9.17, 15) is 0 Å². The van der Waals surface area contributed by atoms with Gasteiger partial charge >= 0.3 is 0 Å². The number of rotatable bonds is 2. The highest BCUT2D eigenvalue weighted by atomic mass is 35.5. The number of nitrogens with zero attached hydrogens (tertiary/aromatic N) is 4. The number of pyridine rings is 1. The largest absolute Gasteiger partial charge is 0.356 e. The summed E-state index contributed by atoms with van der Waals surface area (Å²) in [5, 5.41) is 16.8. The summed E-state index contributed by atoms with van der Waals surface area (Å²) in [6.07, 6.45) is 0.176. The molecule has 1 saturated heterocycles. The van der Waals surface area contributed by atoms with Gasteiger partial charge in [0.2, 0.25) is 0 Å². The lowest BCUT2D eigenvalue weighted by Crippen LogP contribution is -2.48. The highest BCUT2D eigenvalue weighted by Gasteiger charge is 2.19. The summed E-state index contributed by atoms with van der Waals surface area (Å²) in [6.45, 7) is 3.08. The van der Waals surface area contributed by atoms with Crippen molar-refractivity contribution in [3.05, 3.63) is 23.4 Å². The van der Waals surface area contributed by atoms with E-state index in [-0.39, 0.29) is 6.42 Å². The molecule has 2 heterocycles. The SMILES string of the molecule is N#CCC(=N)N1CCN(c2cccc(Cl)n2)CC1. The van der Waals surface area contributed by atoms with Crippen molar-refractivity contribution < 1.29 is 0 Å². The Bertz CT molecular complexity index is 474. The third-order valence-corrected chi connectivity index (χ3v) is 3.14. The highest BCUT2D eigenvalue weighted by molar-refractivity contribution is 6.29. The number of piperazine rings is 1. The average Bonchev–Trinajstić information content (AvgIpc) is 2.39. The van der Waals surface area contributed by atoms with Gasteiger partial charge in [0, 0.05) is 26.2 Å². The fraction of sp³-hybridized carbons (Fsp3) is 0.417. The van der Waals surface area contributed by atoms with Crippen molar-refractivity contribution in [3.8, 4) is 6.07 Å². The molecule has 0 radical (unpaired) electrons. The molecule has 6 heteroatoms. The maximum atomic E-state index is 8.58. The van der Waals surface area contributed by atoms with Gasteiger partial charge in [0.05, 0.1) is 12.5 Å². The second kappa shape index (κ2) is 5.69. The van der Waals surface area contributed by atoms with E-state index in [1.54, 1.807) is 6.07 Å². The van der Waals surface area contributed by atoms with E-state index in [4.69, 9.17) is 22.3 Å². The Balaban J connectivity index is 1.95. The second-order valence-electron chi connectivity index (χ2n) is 4.07. The summed E-state index contributed by atoms with van der Waals surface area (Å²) < 4.78 is 0. The van der Waals surface area contributed by atoms with Crippen LogP contribution in [0, 0.1) is 16.7 Å². The topological polar surface area (TPSA) is 67.0 Å². The van der Waals surface area contributed by atoms with Crippen molar-refractivity contribution in [3.63, 3.8) is 0 Å². The summed E-state index contributed by atoms with van der Waals surface area (Å²) in [6, 6.07) is 7.58. The molecule has 5 nitrogen and oxygen atoms in total. The molecule has 0 aliphatic carbocycles. The molecule has 2 rings (SSSR count). The van der Waals surface area contributed by atoms with Gasteiger partial charge in [-0.05, 0) is 12.1 Å². The fourth-order valence-corrected chi connectivity index (χ4v) is 2.13. The Morgan fingerprint density at radius 2 is 2.11 bits per heavy atom. The summed E-state index contributed by atoms with van der Waals surface area (Å²) in [5.41, 5.74) is 0. The molecule has 1 aliphatic heterocycles. The molecular formula is C12H14ClN5.